The van der Waals surface area contributed by atoms with E-state index < -0.39 is 17.7 Å². The van der Waals surface area contributed by atoms with Gasteiger partial charge in [-0.15, -0.1) is 0 Å². The van der Waals surface area contributed by atoms with Crippen LogP contribution in [0.15, 0.2) is 66.9 Å². The molecular weight excluding hydrogens is 582 g/mol. The average Bonchev–Trinajstić information content (AvgIpc) is 2.97. The number of nitrogens with zero attached hydrogens (tertiary/aromatic N) is 2. The minimum absolute atomic E-state index is 0.279. The number of pyridine rings is 1. The number of nitrogens with one attached hydrogen (secondary N) is 1. The van der Waals surface area contributed by atoms with E-state index in [0.29, 0.717) is 28.5 Å². The topological polar surface area (TPSA) is 91.8 Å². The predicted molar refractivity (Wildman–Crippen MR) is 175 cm³/mol. The molecule has 1 aromatic heterocycles. The standard InChI is InChI=1S/C34H34ClN3O4S/c1-19-27(21-10-12-23(35)13-11-21)29(31(33(40)41)42-34(3,4)5)20(2)30-28(19)25-15-14-24(17-22(25)18-38(30)43-6)37-32(39)26-9-7-8-16-36-26/h7-17,31H,18H2,1-6H3,(H,37,39)(H,40,41)/t31-/m0/s1. The van der Waals surface area contributed by atoms with Crippen molar-refractivity contribution in [2.75, 3.05) is 15.9 Å². The molecule has 1 atom stereocenters. The SMILES string of the molecule is CSN1Cc2cc(NC(=O)c3ccccn3)ccc2-c2c(C)c(-c3ccc(Cl)cc3)c([C@H](OC(C)(C)C)C(=O)O)c(C)c21. The number of anilines is 2. The summed E-state index contributed by atoms with van der Waals surface area (Å²) in [6.45, 7) is 10.2. The molecule has 1 amide bonds. The van der Waals surface area contributed by atoms with Crippen LogP contribution in [0, 0.1) is 13.8 Å². The molecule has 222 valence electrons. The molecule has 0 bridgehead atoms. The summed E-state index contributed by atoms with van der Waals surface area (Å²) in [6, 6.07) is 18.6. The van der Waals surface area contributed by atoms with E-state index >= 15 is 0 Å². The highest BCUT2D eigenvalue weighted by molar-refractivity contribution is 7.99. The van der Waals surface area contributed by atoms with Crippen LogP contribution in [0.5, 0.6) is 0 Å². The second kappa shape index (κ2) is 12.0. The fourth-order valence-corrected chi connectivity index (χ4v) is 6.48. The molecule has 0 saturated carbocycles. The third kappa shape index (κ3) is 6.13. The molecule has 3 aromatic carbocycles. The molecule has 0 radical (unpaired) electrons. The zero-order valence-electron chi connectivity index (χ0n) is 25.0. The molecule has 0 unspecified atom stereocenters. The molecule has 1 aliphatic heterocycles. The van der Waals surface area contributed by atoms with Crippen molar-refractivity contribution in [2.24, 2.45) is 0 Å². The van der Waals surface area contributed by atoms with Gasteiger partial charge in [-0.05, 0) is 104 Å². The molecule has 0 aliphatic carbocycles. The van der Waals surface area contributed by atoms with Crippen molar-refractivity contribution in [3.63, 3.8) is 0 Å². The van der Waals surface area contributed by atoms with Crippen LogP contribution >= 0.6 is 23.5 Å². The number of fused-ring (bicyclic) bond motifs is 3. The number of aliphatic carboxylic acids is 1. The monoisotopic (exact) mass is 615 g/mol. The van der Waals surface area contributed by atoms with Gasteiger partial charge in [0, 0.05) is 34.3 Å². The molecule has 1 aliphatic rings. The van der Waals surface area contributed by atoms with Gasteiger partial charge in [0.25, 0.3) is 5.91 Å². The highest BCUT2D eigenvalue weighted by atomic mass is 35.5. The van der Waals surface area contributed by atoms with E-state index in [1.165, 1.54) is 0 Å². The molecule has 2 N–H and O–H groups in total. The summed E-state index contributed by atoms with van der Waals surface area (Å²) in [4.78, 5) is 29.8. The van der Waals surface area contributed by atoms with Crippen LogP contribution in [0.2, 0.25) is 5.02 Å². The van der Waals surface area contributed by atoms with E-state index in [9.17, 15) is 14.7 Å². The summed E-state index contributed by atoms with van der Waals surface area (Å²) < 4.78 is 8.41. The van der Waals surface area contributed by atoms with Gasteiger partial charge in [0.1, 0.15) is 5.69 Å². The number of hydrogen-bond donors (Lipinski definition) is 2. The minimum Gasteiger partial charge on any atom is -0.479 e. The maximum atomic E-state index is 12.8. The predicted octanol–water partition coefficient (Wildman–Crippen LogP) is 8.48. The Hall–Kier alpha value is -3.85. The Bertz CT molecular complexity index is 1700. The van der Waals surface area contributed by atoms with Crippen LogP contribution in [0.3, 0.4) is 0 Å². The molecule has 4 aromatic rings. The number of amides is 1. The molecule has 9 heteroatoms. The third-order valence-corrected chi connectivity index (χ3v) is 8.42. The lowest BCUT2D eigenvalue weighted by molar-refractivity contribution is -0.160. The maximum Gasteiger partial charge on any atom is 0.337 e. The lowest BCUT2D eigenvalue weighted by Crippen LogP contribution is -2.29. The van der Waals surface area contributed by atoms with E-state index in [2.05, 4.69) is 14.6 Å². The molecule has 2 heterocycles. The second-order valence-corrected chi connectivity index (χ2v) is 12.7. The van der Waals surface area contributed by atoms with E-state index in [0.717, 1.165) is 44.6 Å². The Kier molecular flexibility index (Phi) is 8.56. The zero-order chi connectivity index (χ0) is 31.1. The Morgan fingerprint density at radius 3 is 2.37 bits per heavy atom. The number of carbonyl (C=O) groups excluding carboxylic acids is 1. The van der Waals surface area contributed by atoms with E-state index in [1.54, 1.807) is 36.3 Å². The molecular formula is C34H34ClN3O4S. The number of carboxylic acid groups (broad SMARTS) is 1. The summed E-state index contributed by atoms with van der Waals surface area (Å²) in [5, 5.41) is 14.1. The van der Waals surface area contributed by atoms with Crippen molar-refractivity contribution in [1.82, 2.24) is 4.98 Å². The summed E-state index contributed by atoms with van der Waals surface area (Å²) in [5.41, 5.74) is 8.44. The van der Waals surface area contributed by atoms with Crippen LogP contribution in [0.1, 0.15) is 59.6 Å². The smallest absolute Gasteiger partial charge is 0.337 e. The molecule has 0 spiro atoms. The molecule has 7 nitrogen and oxygen atoms in total. The molecule has 0 fully saturated rings. The highest BCUT2D eigenvalue weighted by Gasteiger charge is 2.36. The number of halogens is 1. The van der Waals surface area contributed by atoms with Crippen LogP contribution in [0.4, 0.5) is 11.4 Å². The first kappa shape index (κ1) is 30.6. The largest absolute Gasteiger partial charge is 0.479 e. The number of hydrogen-bond acceptors (Lipinski definition) is 6. The summed E-state index contributed by atoms with van der Waals surface area (Å²) in [7, 11) is 0. The van der Waals surface area contributed by atoms with Crippen LogP contribution < -0.4 is 9.62 Å². The maximum absolute atomic E-state index is 12.8. The number of aromatic nitrogens is 1. The lowest BCUT2D eigenvalue weighted by atomic mass is 9.80. The first-order valence-electron chi connectivity index (χ1n) is 13.9. The molecule has 0 saturated heterocycles. The highest BCUT2D eigenvalue weighted by Crippen LogP contribution is 2.52. The fourth-order valence-electron chi connectivity index (χ4n) is 5.68. The van der Waals surface area contributed by atoms with E-state index in [4.69, 9.17) is 16.3 Å². The van der Waals surface area contributed by atoms with Gasteiger partial charge in [-0.2, -0.15) is 0 Å². The van der Waals surface area contributed by atoms with Crippen molar-refractivity contribution in [1.29, 1.82) is 0 Å². The van der Waals surface area contributed by atoms with Gasteiger partial charge < -0.3 is 19.5 Å². The van der Waals surface area contributed by atoms with Gasteiger partial charge in [-0.3, -0.25) is 9.78 Å². The van der Waals surface area contributed by atoms with E-state index in [-0.39, 0.29) is 5.91 Å². The van der Waals surface area contributed by atoms with Gasteiger partial charge in [-0.1, -0.05) is 47.8 Å². The van der Waals surface area contributed by atoms with Gasteiger partial charge in [0.05, 0.1) is 17.8 Å². The van der Waals surface area contributed by atoms with Crippen molar-refractivity contribution in [3.8, 4) is 22.3 Å². The van der Waals surface area contributed by atoms with Gasteiger partial charge >= 0.3 is 5.97 Å². The number of ether oxygens (including phenoxy) is 1. The third-order valence-electron chi connectivity index (χ3n) is 7.42. The lowest BCUT2D eigenvalue weighted by Gasteiger charge is -2.37. The molecule has 43 heavy (non-hydrogen) atoms. The van der Waals surface area contributed by atoms with Crippen LogP contribution in [-0.4, -0.2) is 33.8 Å². The van der Waals surface area contributed by atoms with Crippen LogP contribution in [-0.2, 0) is 16.1 Å². The number of rotatable bonds is 7. The average molecular weight is 616 g/mol. The van der Waals surface area contributed by atoms with Crippen LogP contribution in [0.25, 0.3) is 22.3 Å². The van der Waals surface area contributed by atoms with Gasteiger partial charge in [-0.25, -0.2) is 4.79 Å². The Morgan fingerprint density at radius 1 is 1.05 bits per heavy atom. The van der Waals surface area contributed by atoms with Crippen molar-refractivity contribution in [3.05, 3.63) is 99.8 Å². The normalized spacial score (nSPS) is 13.2. The summed E-state index contributed by atoms with van der Waals surface area (Å²) in [5.74, 6) is -1.33. The number of benzene rings is 3. The zero-order valence-corrected chi connectivity index (χ0v) is 26.6. The fraction of sp³-hybridized carbons (Fsp3) is 0.265. The number of carboxylic acids is 1. The second-order valence-electron chi connectivity index (χ2n) is 11.5. The van der Waals surface area contributed by atoms with Gasteiger partial charge in [0.2, 0.25) is 0 Å². The summed E-state index contributed by atoms with van der Waals surface area (Å²) in [6.07, 6.45) is 2.40. The van der Waals surface area contributed by atoms with Gasteiger partial charge in [0.15, 0.2) is 6.10 Å². The quantitative estimate of drug-likeness (QED) is 0.201. The Balaban J connectivity index is 1.73. The minimum atomic E-state index is -1.19. The Labute approximate surface area is 261 Å². The first-order chi connectivity index (χ1) is 20.4. The molecule has 5 rings (SSSR count). The Morgan fingerprint density at radius 2 is 1.77 bits per heavy atom. The first-order valence-corrected chi connectivity index (χ1v) is 15.5. The van der Waals surface area contributed by atoms with E-state index in [1.807, 2.05) is 83.3 Å². The van der Waals surface area contributed by atoms with Crippen molar-refractivity contribution < 1.29 is 19.4 Å². The van der Waals surface area contributed by atoms with Crippen molar-refractivity contribution >= 4 is 46.8 Å². The number of carbonyl (C=O) groups is 2. The van der Waals surface area contributed by atoms with Crippen molar-refractivity contribution in [2.45, 2.75) is 52.9 Å². The summed E-state index contributed by atoms with van der Waals surface area (Å²) >= 11 is 7.83.